The number of methoxy groups -OCH3 is 1. The van der Waals surface area contributed by atoms with Gasteiger partial charge in [-0.2, -0.15) is 0 Å². The Hall–Kier alpha value is -1.75. The van der Waals surface area contributed by atoms with E-state index in [1.807, 2.05) is 36.2 Å². The van der Waals surface area contributed by atoms with E-state index in [4.69, 9.17) is 27.9 Å². The zero-order valence-corrected chi connectivity index (χ0v) is 16.1. The van der Waals surface area contributed by atoms with Gasteiger partial charge in [0.25, 0.3) is 0 Å². The van der Waals surface area contributed by atoms with Gasteiger partial charge in [-0.05, 0) is 49.4 Å². The van der Waals surface area contributed by atoms with E-state index in [9.17, 15) is 4.79 Å². The van der Waals surface area contributed by atoms with Gasteiger partial charge in [0, 0.05) is 16.1 Å². The molecule has 2 rings (SSSR count). The van der Waals surface area contributed by atoms with Crippen LogP contribution < -0.4 is 10.1 Å². The monoisotopic (exact) mass is 380 g/mol. The second kappa shape index (κ2) is 9.09. The fourth-order valence-electron chi connectivity index (χ4n) is 2.79. The number of nitrogens with zero attached hydrogens (tertiary/aromatic N) is 1. The van der Waals surface area contributed by atoms with Gasteiger partial charge in [0.05, 0.1) is 19.3 Å². The third-order valence-electron chi connectivity index (χ3n) is 4.00. The average Bonchev–Trinajstić information content (AvgIpc) is 2.57. The van der Waals surface area contributed by atoms with E-state index in [2.05, 4.69) is 12.2 Å². The SMILES string of the molecule is CCC(c1ccc(Cl)cc1)N(C)CC(=O)Nc1cc(Cl)ccc1OC. The summed E-state index contributed by atoms with van der Waals surface area (Å²) in [4.78, 5) is 14.4. The lowest BCUT2D eigenvalue weighted by molar-refractivity contribution is -0.117. The molecule has 1 N–H and O–H groups in total. The summed E-state index contributed by atoms with van der Waals surface area (Å²) in [6.07, 6.45) is 0.881. The van der Waals surface area contributed by atoms with E-state index < -0.39 is 0 Å². The number of anilines is 1. The Kier molecular flexibility index (Phi) is 7.12. The van der Waals surface area contributed by atoms with Gasteiger partial charge in [-0.15, -0.1) is 0 Å². The predicted molar refractivity (Wildman–Crippen MR) is 104 cm³/mol. The third kappa shape index (κ3) is 5.36. The van der Waals surface area contributed by atoms with Crippen LogP contribution >= 0.6 is 23.2 Å². The number of benzene rings is 2. The van der Waals surface area contributed by atoms with Crippen molar-refractivity contribution in [1.29, 1.82) is 0 Å². The lowest BCUT2D eigenvalue weighted by Gasteiger charge is -2.27. The van der Waals surface area contributed by atoms with Crippen LogP contribution in [0.3, 0.4) is 0 Å². The molecule has 134 valence electrons. The van der Waals surface area contributed by atoms with Crippen LogP contribution in [0.5, 0.6) is 5.75 Å². The van der Waals surface area contributed by atoms with E-state index in [-0.39, 0.29) is 18.5 Å². The van der Waals surface area contributed by atoms with E-state index in [1.165, 1.54) is 0 Å². The largest absolute Gasteiger partial charge is 0.495 e. The van der Waals surface area contributed by atoms with Crippen LogP contribution in [0, 0.1) is 0 Å². The molecule has 2 aromatic rings. The van der Waals surface area contributed by atoms with E-state index in [1.54, 1.807) is 25.3 Å². The number of amides is 1. The number of carbonyl (C=O) groups excluding carboxylic acids is 1. The molecule has 0 aromatic heterocycles. The highest BCUT2D eigenvalue weighted by molar-refractivity contribution is 6.31. The molecule has 0 saturated carbocycles. The zero-order chi connectivity index (χ0) is 18.4. The number of nitrogens with one attached hydrogen (secondary N) is 1. The molecule has 0 aliphatic carbocycles. The Balaban J connectivity index is 2.06. The lowest BCUT2D eigenvalue weighted by Crippen LogP contribution is -2.33. The van der Waals surface area contributed by atoms with Crippen LogP contribution in [0.25, 0.3) is 0 Å². The minimum atomic E-state index is -0.129. The van der Waals surface area contributed by atoms with Crippen molar-refractivity contribution in [2.24, 2.45) is 0 Å². The summed E-state index contributed by atoms with van der Waals surface area (Å²) in [6, 6.07) is 13.0. The number of likely N-dealkylation sites (N-methyl/N-ethyl adjacent to an activating group) is 1. The van der Waals surface area contributed by atoms with Crippen LogP contribution in [0.1, 0.15) is 24.9 Å². The molecule has 1 unspecified atom stereocenters. The second-order valence-electron chi connectivity index (χ2n) is 5.78. The van der Waals surface area contributed by atoms with Crippen molar-refractivity contribution < 1.29 is 9.53 Å². The van der Waals surface area contributed by atoms with Crippen molar-refractivity contribution in [3.63, 3.8) is 0 Å². The van der Waals surface area contributed by atoms with Crippen molar-refractivity contribution in [2.45, 2.75) is 19.4 Å². The summed E-state index contributed by atoms with van der Waals surface area (Å²) in [7, 11) is 3.48. The number of hydrogen-bond donors (Lipinski definition) is 1. The van der Waals surface area contributed by atoms with Gasteiger partial charge in [0.2, 0.25) is 5.91 Å². The van der Waals surface area contributed by atoms with Crippen molar-refractivity contribution in [3.8, 4) is 5.75 Å². The fourth-order valence-corrected chi connectivity index (χ4v) is 3.09. The van der Waals surface area contributed by atoms with Crippen LogP contribution in [0.15, 0.2) is 42.5 Å². The predicted octanol–water partition coefficient (Wildman–Crippen LogP) is 5.02. The summed E-state index contributed by atoms with van der Waals surface area (Å²) in [6.45, 7) is 2.34. The molecule has 0 bridgehead atoms. The molecule has 0 aliphatic rings. The first kappa shape index (κ1) is 19.6. The number of ether oxygens (including phenoxy) is 1. The Morgan fingerprint density at radius 2 is 1.80 bits per heavy atom. The third-order valence-corrected chi connectivity index (χ3v) is 4.49. The zero-order valence-electron chi connectivity index (χ0n) is 14.6. The molecular weight excluding hydrogens is 359 g/mol. The average molecular weight is 381 g/mol. The Morgan fingerprint density at radius 3 is 2.40 bits per heavy atom. The van der Waals surface area contributed by atoms with Crippen LogP contribution in [0.2, 0.25) is 10.0 Å². The van der Waals surface area contributed by atoms with Crippen LogP contribution in [0.4, 0.5) is 5.69 Å². The van der Waals surface area contributed by atoms with Gasteiger partial charge in [0.1, 0.15) is 5.75 Å². The fraction of sp³-hybridized carbons (Fsp3) is 0.316. The molecule has 0 aliphatic heterocycles. The molecule has 0 spiro atoms. The lowest BCUT2D eigenvalue weighted by atomic mass is 10.0. The Bertz CT molecular complexity index is 720. The molecule has 6 heteroatoms. The van der Waals surface area contributed by atoms with Gasteiger partial charge in [-0.1, -0.05) is 42.3 Å². The summed E-state index contributed by atoms with van der Waals surface area (Å²) < 4.78 is 5.26. The van der Waals surface area contributed by atoms with Crippen molar-refractivity contribution in [2.75, 3.05) is 26.0 Å². The van der Waals surface area contributed by atoms with Gasteiger partial charge in [-0.25, -0.2) is 0 Å². The number of carbonyl (C=O) groups is 1. The molecule has 0 heterocycles. The molecule has 1 atom stereocenters. The number of hydrogen-bond acceptors (Lipinski definition) is 3. The van der Waals surface area contributed by atoms with E-state index in [0.29, 0.717) is 21.5 Å². The molecule has 0 saturated heterocycles. The molecule has 1 amide bonds. The number of rotatable bonds is 7. The van der Waals surface area contributed by atoms with Crippen molar-refractivity contribution >= 4 is 34.8 Å². The van der Waals surface area contributed by atoms with Gasteiger partial charge < -0.3 is 10.1 Å². The molecular formula is C19H22Cl2N2O2. The Morgan fingerprint density at radius 1 is 1.16 bits per heavy atom. The van der Waals surface area contributed by atoms with Crippen LogP contribution in [-0.4, -0.2) is 31.5 Å². The maximum Gasteiger partial charge on any atom is 0.238 e. The highest BCUT2D eigenvalue weighted by Crippen LogP contribution is 2.28. The van der Waals surface area contributed by atoms with Gasteiger partial charge in [0.15, 0.2) is 0 Å². The first-order valence-corrected chi connectivity index (χ1v) is 8.79. The summed E-state index contributed by atoms with van der Waals surface area (Å²) >= 11 is 12.0. The normalized spacial score (nSPS) is 12.1. The minimum Gasteiger partial charge on any atom is -0.495 e. The molecule has 25 heavy (non-hydrogen) atoms. The van der Waals surface area contributed by atoms with Gasteiger partial charge >= 0.3 is 0 Å². The number of halogens is 2. The maximum atomic E-state index is 12.4. The standard InChI is InChI=1S/C19H22Cl2N2O2/c1-4-17(13-5-7-14(20)8-6-13)23(2)12-19(24)22-16-11-15(21)9-10-18(16)25-3/h5-11,17H,4,12H2,1-3H3,(H,22,24). The topological polar surface area (TPSA) is 41.6 Å². The van der Waals surface area contributed by atoms with E-state index >= 15 is 0 Å². The highest BCUT2D eigenvalue weighted by Gasteiger charge is 2.18. The first-order chi connectivity index (χ1) is 11.9. The molecule has 4 nitrogen and oxygen atoms in total. The smallest absolute Gasteiger partial charge is 0.238 e. The molecule has 2 aromatic carbocycles. The Labute approximate surface area is 158 Å². The summed E-state index contributed by atoms with van der Waals surface area (Å²) in [5, 5.41) is 4.10. The maximum absolute atomic E-state index is 12.4. The van der Waals surface area contributed by atoms with Crippen molar-refractivity contribution in [3.05, 3.63) is 58.1 Å². The second-order valence-corrected chi connectivity index (χ2v) is 6.66. The highest BCUT2D eigenvalue weighted by atomic mass is 35.5. The molecule has 0 radical (unpaired) electrons. The van der Waals surface area contributed by atoms with Gasteiger partial charge in [-0.3, -0.25) is 9.69 Å². The summed E-state index contributed by atoms with van der Waals surface area (Å²) in [5.74, 6) is 0.445. The van der Waals surface area contributed by atoms with Crippen LogP contribution in [-0.2, 0) is 4.79 Å². The summed E-state index contributed by atoms with van der Waals surface area (Å²) in [5.41, 5.74) is 1.69. The quantitative estimate of drug-likeness (QED) is 0.732. The van der Waals surface area contributed by atoms with E-state index in [0.717, 1.165) is 12.0 Å². The minimum absolute atomic E-state index is 0.129. The first-order valence-electron chi connectivity index (χ1n) is 8.03. The van der Waals surface area contributed by atoms with Crippen molar-refractivity contribution in [1.82, 2.24) is 4.90 Å². The molecule has 0 fully saturated rings.